The second kappa shape index (κ2) is 5.40. The highest BCUT2D eigenvalue weighted by atomic mass is 79.9. The molecule has 0 heterocycles. The van der Waals surface area contributed by atoms with Gasteiger partial charge in [-0.25, -0.2) is 0 Å². The molecule has 0 atom stereocenters. The van der Waals surface area contributed by atoms with Gasteiger partial charge in [-0.1, -0.05) is 35.0 Å². The van der Waals surface area contributed by atoms with E-state index in [-0.39, 0.29) is 0 Å². The van der Waals surface area contributed by atoms with Crippen molar-refractivity contribution in [2.75, 3.05) is 6.61 Å². The van der Waals surface area contributed by atoms with Crippen LogP contribution in [-0.4, -0.2) is 6.61 Å². The molecule has 0 N–H and O–H groups in total. The Kier molecular flexibility index (Phi) is 4.46. The molecule has 0 aliphatic heterocycles. The van der Waals surface area contributed by atoms with Crippen molar-refractivity contribution < 1.29 is 4.74 Å². The Morgan fingerprint density at radius 3 is 2.85 bits per heavy atom. The number of hydrogen-bond acceptors (Lipinski definition) is 1. The van der Waals surface area contributed by atoms with E-state index >= 15 is 0 Å². The van der Waals surface area contributed by atoms with Crippen molar-refractivity contribution >= 4 is 15.9 Å². The molecule has 1 aromatic carbocycles. The molecule has 0 bridgehead atoms. The Labute approximate surface area is 88.2 Å². The van der Waals surface area contributed by atoms with Gasteiger partial charge in [-0.05, 0) is 30.5 Å². The summed E-state index contributed by atoms with van der Waals surface area (Å²) in [5.41, 5.74) is 2.54. The number of halogens is 1. The van der Waals surface area contributed by atoms with Crippen molar-refractivity contribution in [3.05, 3.63) is 33.8 Å². The van der Waals surface area contributed by atoms with E-state index in [4.69, 9.17) is 4.74 Å². The van der Waals surface area contributed by atoms with Crippen LogP contribution in [-0.2, 0) is 11.3 Å². The molecule has 0 amide bonds. The van der Waals surface area contributed by atoms with Crippen molar-refractivity contribution in [3.8, 4) is 0 Å². The van der Waals surface area contributed by atoms with Crippen LogP contribution in [0.25, 0.3) is 0 Å². The van der Waals surface area contributed by atoms with Crippen LogP contribution in [0.2, 0.25) is 0 Å². The summed E-state index contributed by atoms with van der Waals surface area (Å²) in [6, 6.07) is 6.20. The zero-order chi connectivity index (χ0) is 9.68. The standard InChI is InChI=1S/C11H15BrO/c1-3-7-13-8-10-5-4-6-11(12)9(10)2/h4-6H,3,7-8H2,1-2H3. The smallest absolute Gasteiger partial charge is 0.0719 e. The Morgan fingerprint density at radius 2 is 2.15 bits per heavy atom. The Morgan fingerprint density at radius 1 is 1.38 bits per heavy atom. The third kappa shape index (κ3) is 3.12. The van der Waals surface area contributed by atoms with Crippen molar-refractivity contribution in [1.82, 2.24) is 0 Å². The van der Waals surface area contributed by atoms with E-state index in [1.54, 1.807) is 0 Å². The number of benzene rings is 1. The predicted octanol–water partition coefficient (Wildman–Crippen LogP) is 3.68. The summed E-state index contributed by atoms with van der Waals surface area (Å²) in [4.78, 5) is 0. The van der Waals surface area contributed by atoms with E-state index in [2.05, 4.69) is 41.9 Å². The molecule has 0 saturated heterocycles. The second-order valence-electron chi connectivity index (χ2n) is 3.08. The lowest BCUT2D eigenvalue weighted by Crippen LogP contribution is -1.96. The molecule has 1 nitrogen and oxygen atoms in total. The van der Waals surface area contributed by atoms with Crippen LogP contribution < -0.4 is 0 Å². The largest absolute Gasteiger partial charge is 0.377 e. The molecule has 0 radical (unpaired) electrons. The highest BCUT2D eigenvalue weighted by Gasteiger charge is 2.00. The minimum Gasteiger partial charge on any atom is -0.377 e. The highest BCUT2D eigenvalue weighted by molar-refractivity contribution is 9.10. The fraction of sp³-hybridized carbons (Fsp3) is 0.455. The van der Waals surface area contributed by atoms with Gasteiger partial charge in [-0.3, -0.25) is 0 Å². The molecular weight excluding hydrogens is 228 g/mol. The van der Waals surface area contributed by atoms with Crippen molar-refractivity contribution in [3.63, 3.8) is 0 Å². The second-order valence-corrected chi connectivity index (χ2v) is 3.93. The van der Waals surface area contributed by atoms with Crippen LogP contribution in [0.5, 0.6) is 0 Å². The normalized spacial score (nSPS) is 10.4. The molecular formula is C11H15BrO. The first-order valence-corrected chi connectivity index (χ1v) is 5.36. The van der Waals surface area contributed by atoms with Gasteiger partial charge in [-0.2, -0.15) is 0 Å². The highest BCUT2D eigenvalue weighted by Crippen LogP contribution is 2.19. The summed E-state index contributed by atoms with van der Waals surface area (Å²) in [6.45, 7) is 5.79. The first-order valence-electron chi connectivity index (χ1n) is 4.57. The molecule has 0 spiro atoms. The number of rotatable bonds is 4. The van der Waals surface area contributed by atoms with E-state index in [1.165, 1.54) is 11.1 Å². The molecule has 1 aromatic rings. The number of hydrogen-bond donors (Lipinski definition) is 0. The Bertz CT molecular complexity index is 271. The van der Waals surface area contributed by atoms with Gasteiger partial charge in [0.25, 0.3) is 0 Å². The molecule has 0 fully saturated rings. The first kappa shape index (κ1) is 10.7. The van der Waals surface area contributed by atoms with Crippen LogP contribution in [0.3, 0.4) is 0 Å². The van der Waals surface area contributed by atoms with Crippen LogP contribution in [0.1, 0.15) is 24.5 Å². The summed E-state index contributed by atoms with van der Waals surface area (Å²) < 4.78 is 6.64. The van der Waals surface area contributed by atoms with Gasteiger partial charge in [0.15, 0.2) is 0 Å². The van der Waals surface area contributed by atoms with E-state index in [9.17, 15) is 0 Å². The maximum Gasteiger partial charge on any atom is 0.0719 e. The molecule has 1 rings (SSSR count). The van der Waals surface area contributed by atoms with Gasteiger partial charge in [0.2, 0.25) is 0 Å². The molecule has 0 saturated carbocycles. The van der Waals surface area contributed by atoms with E-state index < -0.39 is 0 Å². The summed E-state index contributed by atoms with van der Waals surface area (Å²) in [5, 5.41) is 0. The topological polar surface area (TPSA) is 9.23 Å². The average Bonchev–Trinajstić information content (AvgIpc) is 2.13. The monoisotopic (exact) mass is 242 g/mol. The lowest BCUT2D eigenvalue weighted by molar-refractivity contribution is 0.121. The lowest BCUT2D eigenvalue weighted by Gasteiger charge is -2.07. The SMILES string of the molecule is CCCOCc1cccc(Br)c1C. The maximum atomic E-state index is 5.48. The zero-order valence-corrected chi connectivity index (χ0v) is 9.73. The molecule has 13 heavy (non-hydrogen) atoms. The molecule has 0 aliphatic rings. The third-order valence-electron chi connectivity index (χ3n) is 1.99. The molecule has 2 heteroatoms. The van der Waals surface area contributed by atoms with Crippen molar-refractivity contribution in [1.29, 1.82) is 0 Å². The third-order valence-corrected chi connectivity index (χ3v) is 2.84. The minimum absolute atomic E-state index is 0.721. The van der Waals surface area contributed by atoms with Crippen LogP contribution in [0, 0.1) is 6.92 Å². The first-order chi connectivity index (χ1) is 6.25. The summed E-state index contributed by atoms with van der Waals surface area (Å²) in [5.74, 6) is 0. The van der Waals surface area contributed by atoms with Crippen LogP contribution in [0.15, 0.2) is 22.7 Å². The summed E-state index contributed by atoms with van der Waals surface area (Å²) in [6.07, 6.45) is 1.08. The maximum absolute atomic E-state index is 5.48. The molecule has 0 aliphatic carbocycles. The fourth-order valence-electron chi connectivity index (χ4n) is 1.13. The molecule has 72 valence electrons. The van der Waals surface area contributed by atoms with Gasteiger partial charge in [0, 0.05) is 11.1 Å². The summed E-state index contributed by atoms with van der Waals surface area (Å²) in [7, 11) is 0. The minimum atomic E-state index is 0.721. The van der Waals surface area contributed by atoms with E-state index in [0.717, 1.165) is 24.1 Å². The molecule has 0 aromatic heterocycles. The average molecular weight is 243 g/mol. The molecule has 0 unspecified atom stereocenters. The van der Waals surface area contributed by atoms with Gasteiger partial charge in [0.05, 0.1) is 6.61 Å². The Balaban J connectivity index is 2.61. The fourth-order valence-corrected chi connectivity index (χ4v) is 1.54. The van der Waals surface area contributed by atoms with Crippen LogP contribution >= 0.6 is 15.9 Å². The van der Waals surface area contributed by atoms with E-state index in [1.807, 2.05) is 6.07 Å². The van der Waals surface area contributed by atoms with Crippen LogP contribution in [0.4, 0.5) is 0 Å². The van der Waals surface area contributed by atoms with Gasteiger partial charge >= 0.3 is 0 Å². The van der Waals surface area contributed by atoms with Crippen molar-refractivity contribution in [2.24, 2.45) is 0 Å². The van der Waals surface area contributed by atoms with Gasteiger partial charge in [0.1, 0.15) is 0 Å². The zero-order valence-electron chi connectivity index (χ0n) is 8.14. The van der Waals surface area contributed by atoms with Crippen molar-refractivity contribution in [2.45, 2.75) is 26.9 Å². The van der Waals surface area contributed by atoms with Gasteiger partial charge in [-0.15, -0.1) is 0 Å². The summed E-state index contributed by atoms with van der Waals surface area (Å²) >= 11 is 3.50. The number of ether oxygens (including phenoxy) is 1. The van der Waals surface area contributed by atoms with Gasteiger partial charge < -0.3 is 4.74 Å². The van der Waals surface area contributed by atoms with E-state index in [0.29, 0.717) is 0 Å². The quantitative estimate of drug-likeness (QED) is 0.733. The Hall–Kier alpha value is -0.340. The predicted molar refractivity (Wildman–Crippen MR) is 58.8 cm³/mol. The lowest BCUT2D eigenvalue weighted by atomic mass is 10.1.